The van der Waals surface area contributed by atoms with Crippen molar-refractivity contribution >= 4 is 17.5 Å². The summed E-state index contributed by atoms with van der Waals surface area (Å²) in [5, 5.41) is 5.68. The molecule has 0 spiro atoms. The van der Waals surface area contributed by atoms with Crippen LogP contribution in [0, 0.1) is 5.41 Å². The van der Waals surface area contributed by atoms with Crippen molar-refractivity contribution < 1.29 is 19.1 Å². The molecule has 1 heterocycles. The first-order valence-electron chi connectivity index (χ1n) is 7.99. The van der Waals surface area contributed by atoms with Gasteiger partial charge < -0.3 is 20.1 Å². The minimum atomic E-state index is -0.929. The Balaban J connectivity index is 1.57. The van der Waals surface area contributed by atoms with Crippen LogP contribution in [0.2, 0.25) is 0 Å². The number of nitrogens with one attached hydrogen (secondary N) is 2. The molecule has 2 aliphatic rings. The van der Waals surface area contributed by atoms with E-state index in [1.165, 1.54) is 0 Å². The van der Waals surface area contributed by atoms with E-state index in [9.17, 15) is 9.59 Å². The Morgan fingerprint density at radius 3 is 2.83 bits per heavy atom. The standard InChI is InChI=1S/C17H22N2O4/c1-22-13-5-2-4-12(10-13)19-16(21)17(7-8-17)15(20)18-11-14-6-3-9-23-14/h2,4-5,10,14H,3,6-9,11H2,1H3,(H,18,20)(H,19,21). The number of hydrogen-bond acceptors (Lipinski definition) is 4. The Bertz CT molecular complexity index is 592. The minimum Gasteiger partial charge on any atom is -0.497 e. The fourth-order valence-corrected chi connectivity index (χ4v) is 2.81. The Hall–Kier alpha value is -2.08. The molecule has 6 nitrogen and oxygen atoms in total. The second-order valence-corrected chi connectivity index (χ2v) is 6.11. The van der Waals surface area contributed by atoms with Gasteiger partial charge in [0.1, 0.15) is 11.2 Å². The quantitative estimate of drug-likeness (QED) is 0.783. The summed E-state index contributed by atoms with van der Waals surface area (Å²) in [5.41, 5.74) is -0.297. The fourth-order valence-electron chi connectivity index (χ4n) is 2.81. The van der Waals surface area contributed by atoms with Crippen molar-refractivity contribution in [1.82, 2.24) is 5.32 Å². The second kappa shape index (κ2) is 6.58. The summed E-state index contributed by atoms with van der Waals surface area (Å²) in [4.78, 5) is 24.9. The predicted molar refractivity (Wildman–Crippen MR) is 85.3 cm³/mol. The van der Waals surface area contributed by atoms with Crippen molar-refractivity contribution in [2.45, 2.75) is 31.8 Å². The second-order valence-electron chi connectivity index (χ2n) is 6.11. The van der Waals surface area contributed by atoms with E-state index in [1.54, 1.807) is 31.4 Å². The molecule has 1 aliphatic heterocycles. The number of rotatable bonds is 6. The lowest BCUT2D eigenvalue weighted by Gasteiger charge is -2.17. The van der Waals surface area contributed by atoms with Gasteiger partial charge in [-0.1, -0.05) is 6.07 Å². The van der Waals surface area contributed by atoms with Crippen LogP contribution < -0.4 is 15.4 Å². The number of anilines is 1. The topological polar surface area (TPSA) is 76.7 Å². The van der Waals surface area contributed by atoms with Crippen LogP contribution in [0.4, 0.5) is 5.69 Å². The van der Waals surface area contributed by atoms with E-state index in [4.69, 9.17) is 9.47 Å². The van der Waals surface area contributed by atoms with E-state index in [1.807, 2.05) is 0 Å². The molecule has 1 aromatic carbocycles. The van der Waals surface area contributed by atoms with Crippen molar-refractivity contribution in [3.05, 3.63) is 24.3 Å². The van der Waals surface area contributed by atoms with Crippen LogP contribution in [-0.2, 0) is 14.3 Å². The third kappa shape index (κ3) is 3.47. The number of benzene rings is 1. The molecule has 3 rings (SSSR count). The van der Waals surface area contributed by atoms with Gasteiger partial charge in [-0.2, -0.15) is 0 Å². The molecule has 6 heteroatoms. The highest BCUT2D eigenvalue weighted by Gasteiger charge is 2.56. The molecule has 1 unspecified atom stereocenters. The van der Waals surface area contributed by atoms with E-state index in [-0.39, 0.29) is 17.9 Å². The third-order valence-electron chi connectivity index (χ3n) is 4.46. The van der Waals surface area contributed by atoms with Gasteiger partial charge in [0, 0.05) is 24.9 Å². The Morgan fingerprint density at radius 2 is 2.17 bits per heavy atom. The van der Waals surface area contributed by atoms with Crippen LogP contribution >= 0.6 is 0 Å². The van der Waals surface area contributed by atoms with Crippen molar-refractivity contribution in [3.63, 3.8) is 0 Å². The summed E-state index contributed by atoms with van der Waals surface area (Å²) in [5.74, 6) is 0.208. The van der Waals surface area contributed by atoms with E-state index < -0.39 is 5.41 Å². The van der Waals surface area contributed by atoms with E-state index in [2.05, 4.69) is 10.6 Å². The summed E-state index contributed by atoms with van der Waals surface area (Å²) in [6, 6.07) is 7.11. The summed E-state index contributed by atoms with van der Waals surface area (Å²) in [7, 11) is 1.57. The Morgan fingerprint density at radius 1 is 1.35 bits per heavy atom. The lowest BCUT2D eigenvalue weighted by molar-refractivity contribution is -0.134. The van der Waals surface area contributed by atoms with Crippen LogP contribution in [0.5, 0.6) is 5.75 Å². The summed E-state index contributed by atoms with van der Waals surface area (Å²) < 4.78 is 10.6. The molecule has 2 fully saturated rings. The Kier molecular flexibility index (Phi) is 4.52. The zero-order valence-electron chi connectivity index (χ0n) is 13.3. The minimum absolute atomic E-state index is 0.0798. The van der Waals surface area contributed by atoms with Crippen LogP contribution in [0.1, 0.15) is 25.7 Å². The van der Waals surface area contributed by atoms with E-state index in [0.717, 1.165) is 19.4 Å². The smallest absolute Gasteiger partial charge is 0.240 e. The average Bonchev–Trinajstić information content (AvgIpc) is 3.22. The van der Waals surface area contributed by atoms with Crippen molar-refractivity contribution in [3.8, 4) is 5.75 Å². The summed E-state index contributed by atoms with van der Waals surface area (Å²) in [6.45, 7) is 1.23. The van der Waals surface area contributed by atoms with Crippen LogP contribution in [-0.4, -0.2) is 38.2 Å². The monoisotopic (exact) mass is 318 g/mol. The third-order valence-corrected chi connectivity index (χ3v) is 4.46. The molecule has 0 radical (unpaired) electrons. The maximum atomic E-state index is 12.5. The van der Waals surface area contributed by atoms with Crippen molar-refractivity contribution in [1.29, 1.82) is 0 Å². The Labute approximate surface area is 135 Å². The maximum Gasteiger partial charge on any atom is 0.240 e. The van der Waals surface area contributed by atoms with Gasteiger partial charge in [0.25, 0.3) is 0 Å². The predicted octanol–water partition coefficient (Wildman–Crippen LogP) is 1.71. The molecule has 1 atom stereocenters. The highest BCUT2D eigenvalue weighted by molar-refractivity contribution is 6.13. The number of carbonyl (C=O) groups is 2. The average molecular weight is 318 g/mol. The molecular formula is C17H22N2O4. The zero-order chi connectivity index (χ0) is 16.3. The first kappa shape index (κ1) is 15.8. The molecule has 1 aromatic rings. The van der Waals surface area contributed by atoms with E-state index in [0.29, 0.717) is 30.8 Å². The molecule has 2 amide bonds. The van der Waals surface area contributed by atoms with Gasteiger partial charge >= 0.3 is 0 Å². The highest BCUT2D eigenvalue weighted by Crippen LogP contribution is 2.47. The molecule has 124 valence electrons. The molecule has 2 N–H and O–H groups in total. The summed E-state index contributed by atoms with van der Waals surface area (Å²) in [6.07, 6.45) is 3.24. The van der Waals surface area contributed by atoms with Crippen LogP contribution in [0.3, 0.4) is 0 Å². The number of ether oxygens (including phenoxy) is 2. The fraction of sp³-hybridized carbons (Fsp3) is 0.529. The van der Waals surface area contributed by atoms with Crippen LogP contribution in [0.15, 0.2) is 24.3 Å². The SMILES string of the molecule is COc1cccc(NC(=O)C2(C(=O)NCC3CCCO3)CC2)c1. The largest absolute Gasteiger partial charge is 0.497 e. The zero-order valence-corrected chi connectivity index (χ0v) is 13.3. The number of amides is 2. The normalized spacial score (nSPS) is 21.5. The van der Waals surface area contributed by atoms with E-state index >= 15 is 0 Å². The van der Waals surface area contributed by atoms with Crippen molar-refractivity contribution in [2.24, 2.45) is 5.41 Å². The van der Waals surface area contributed by atoms with Gasteiger partial charge in [0.2, 0.25) is 11.8 Å². The van der Waals surface area contributed by atoms with Gasteiger partial charge in [0.05, 0.1) is 13.2 Å². The molecule has 1 saturated carbocycles. The van der Waals surface area contributed by atoms with Gasteiger partial charge in [-0.3, -0.25) is 9.59 Å². The molecule has 1 saturated heterocycles. The van der Waals surface area contributed by atoms with Crippen molar-refractivity contribution in [2.75, 3.05) is 25.6 Å². The first-order chi connectivity index (χ1) is 11.1. The molecule has 1 aliphatic carbocycles. The van der Waals surface area contributed by atoms with Crippen LogP contribution in [0.25, 0.3) is 0 Å². The molecular weight excluding hydrogens is 296 g/mol. The van der Waals surface area contributed by atoms with Gasteiger partial charge in [-0.25, -0.2) is 0 Å². The maximum absolute atomic E-state index is 12.5. The highest BCUT2D eigenvalue weighted by atomic mass is 16.5. The van der Waals surface area contributed by atoms with Gasteiger partial charge in [-0.15, -0.1) is 0 Å². The van der Waals surface area contributed by atoms with Gasteiger partial charge in [-0.05, 0) is 37.8 Å². The van der Waals surface area contributed by atoms with Gasteiger partial charge in [0.15, 0.2) is 0 Å². The first-order valence-corrected chi connectivity index (χ1v) is 7.99. The molecule has 0 bridgehead atoms. The summed E-state index contributed by atoms with van der Waals surface area (Å²) >= 11 is 0. The molecule has 0 aromatic heterocycles. The lowest BCUT2D eigenvalue weighted by Crippen LogP contribution is -2.42. The number of methoxy groups -OCH3 is 1. The lowest BCUT2D eigenvalue weighted by atomic mass is 10.0. The number of carbonyl (C=O) groups excluding carboxylic acids is 2. The molecule has 23 heavy (non-hydrogen) atoms. The number of hydrogen-bond donors (Lipinski definition) is 2.